The summed E-state index contributed by atoms with van der Waals surface area (Å²) in [5.74, 6) is 0.795. The van der Waals surface area contributed by atoms with Gasteiger partial charge < -0.3 is 14.1 Å². The fraction of sp³-hybridized carbons (Fsp3) is 0.667. The van der Waals surface area contributed by atoms with E-state index in [1.54, 1.807) is 17.8 Å². The highest BCUT2D eigenvalue weighted by atomic mass is 28.4. The third-order valence-corrected chi connectivity index (χ3v) is 9.90. The molecule has 2 heterocycles. The van der Waals surface area contributed by atoms with Crippen molar-refractivity contribution in [3.05, 3.63) is 34.9 Å². The van der Waals surface area contributed by atoms with Crippen LogP contribution in [0.4, 0.5) is 5.82 Å². The van der Waals surface area contributed by atoms with E-state index in [-0.39, 0.29) is 22.9 Å². The van der Waals surface area contributed by atoms with Gasteiger partial charge in [-0.2, -0.15) is 0 Å². The molecule has 0 aromatic carbocycles. The molecule has 1 aliphatic heterocycles. The molecule has 1 aromatic heterocycles. The third-order valence-electron chi connectivity index (χ3n) is 5.40. The number of hydrogen-bond acceptors (Lipinski definition) is 5. The molecule has 0 fully saturated rings. The molecule has 0 saturated carbocycles. The molecule has 7 heteroatoms. The molecule has 1 aliphatic rings. The Morgan fingerprint density at radius 2 is 2.12 bits per heavy atom. The Bertz CT molecular complexity index is 694. The molecule has 2 rings (SSSR count). The van der Waals surface area contributed by atoms with Crippen LogP contribution in [-0.4, -0.2) is 44.4 Å². The van der Waals surface area contributed by atoms with Crippen LogP contribution in [0.25, 0.3) is 0 Å². The van der Waals surface area contributed by atoms with E-state index in [1.165, 1.54) is 6.20 Å². The maximum absolute atomic E-state index is 12.5. The van der Waals surface area contributed by atoms with E-state index in [9.17, 15) is 4.79 Å². The van der Waals surface area contributed by atoms with E-state index in [1.807, 2.05) is 11.8 Å². The minimum absolute atomic E-state index is 0.0593. The first kappa shape index (κ1) is 19.9. The van der Waals surface area contributed by atoms with Crippen LogP contribution >= 0.6 is 0 Å². The smallest absolute Gasteiger partial charge is 0.270 e. The van der Waals surface area contributed by atoms with Crippen LogP contribution in [-0.2, 0) is 9.16 Å². The number of anilines is 1. The van der Waals surface area contributed by atoms with E-state index >= 15 is 0 Å². The molecule has 0 amide bonds. The summed E-state index contributed by atoms with van der Waals surface area (Å²) in [6, 6.07) is -0.0593. The second-order valence-corrected chi connectivity index (χ2v) is 12.9. The van der Waals surface area contributed by atoms with Crippen LogP contribution in [0, 0.1) is 6.92 Å². The molecule has 1 aromatic rings. The minimum atomic E-state index is -1.89. The summed E-state index contributed by atoms with van der Waals surface area (Å²) >= 11 is 0. The first-order valence-electron chi connectivity index (χ1n) is 8.67. The lowest BCUT2D eigenvalue weighted by Crippen LogP contribution is -2.43. The first-order valence-corrected chi connectivity index (χ1v) is 11.6. The van der Waals surface area contributed by atoms with E-state index in [4.69, 9.17) is 9.16 Å². The van der Waals surface area contributed by atoms with Gasteiger partial charge in [-0.25, -0.2) is 0 Å². The van der Waals surface area contributed by atoms with Crippen LogP contribution in [0.1, 0.15) is 32.5 Å². The number of fused-ring (bicyclic) bond motifs is 1. The summed E-state index contributed by atoms with van der Waals surface area (Å²) < 4.78 is 13.7. The van der Waals surface area contributed by atoms with Crippen LogP contribution in [0.2, 0.25) is 18.1 Å². The first-order chi connectivity index (χ1) is 11.5. The highest BCUT2D eigenvalue weighted by Crippen LogP contribution is 2.38. The molecule has 0 saturated heterocycles. The molecule has 140 valence electrons. The molecule has 0 aliphatic carbocycles. The van der Waals surface area contributed by atoms with Gasteiger partial charge in [-0.3, -0.25) is 14.3 Å². The monoisotopic (exact) mass is 365 g/mol. The van der Waals surface area contributed by atoms with Gasteiger partial charge in [0.25, 0.3) is 5.56 Å². The maximum atomic E-state index is 12.5. The normalized spacial score (nSPS) is 19.0. The van der Waals surface area contributed by atoms with Gasteiger partial charge in [0.15, 0.2) is 8.32 Å². The van der Waals surface area contributed by atoms with Crippen molar-refractivity contribution >= 4 is 14.1 Å². The Hall–Kier alpha value is -1.44. The number of hydrogen-bond donors (Lipinski definition) is 0. The number of ether oxygens (including phenoxy) is 1. The zero-order valence-electron chi connectivity index (χ0n) is 16.5. The average Bonchev–Trinajstić information content (AvgIpc) is 2.90. The predicted octanol–water partition coefficient (Wildman–Crippen LogP) is 3.09. The summed E-state index contributed by atoms with van der Waals surface area (Å²) in [5, 5.41) is 0.128. The molecule has 0 radical (unpaired) electrons. The van der Waals surface area contributed by atoms with E-state index in [0.29, 0.717) is 13.2 Å². The minimum Gasteiger partial charge on any atom is -0.415 e. The predicted molar refractivity (Wildman–Crippen MR) is 104 cm³/mol. The second-order valence-electron chi connectivity index (χ2n) is 8.11. The zero-order chi connectivity index (χ0) is 19.0. The van der Waals surface area contributed by atoms with Crippen LogP contribution in [0.15, 0.2) is 23.6 Å². The van der Waals surface area contributed by atoms with Gasteiger partial charge in [-0.15, -0.1) is 0 Å². The van der Waals surface area contributed by atoms with E-state index in [0.717, 1.165) is 11.5 Å². The Morgan fingerprint density at radius 1 is 1.48 bits per heavy atom. The number of aryl methyl sites for hydroxylation is 1. The Labute approximate surface area is 151 Å². The lowest BCUT2D eigenvalue weighted by Gasteiger charge is -2.37. The summed E-state index contributed by atoms with van der Waals surface area (Å²) in [4.78, 5) is 18.8. The van der Waals surface area contributed by atoms with Crippen molar-refractivity contribution in [2.75, 3.05) is 25.2 Å². The summed E-state index contributed by atoms with van der Waals surface area (Å²) in [5.41, 5.74) is 0.698. The molecule has 2 atom stereocenters. The quantitative estimate of drug-likeness (QED) is 0.573. The van der Waals surface area contributed by atoms with Crippen LogP contribution in [0.3, 0.4) is 0 Å². The Morgan fingerprint density at radius 3 is 2.64 bits per heavy atom. The molecule has 1 unspecified atom stereocenters. The van der Waals surface area contributed by atoms with Crippen molar-refractivity contribution in [2.45, 2.75) is 58.1 Å². The van der Waals surface area contributed by atoms with Crippen molar-refractivity contribution in [3.8, 4) is 0 Å². The highest BCUT2D eigenvalue weighted by Gasteiger charge is 2.40. The van der Waals surface area contributed by atoms with Gasteiger partial charge in [0.05, 0.1) is 24.5 Å². The average molecular weight is 366 g/mol. The summed E-state index contributed by atoms with van der Waals surface area (Å²) in [6.45, 7) is 18.0. The molecule has 0 bridgehead atoms. The molecular formula is C18H31N3O3Si. The van der Waals surface area contributed by atoms with E-state index in [2.05, 4.69) is 45.4 Å². The van der Waals surface area contributed by atoms with Gasteiger partial charge >= 0.3 is 0 Å². The topological polar surface area (TPSA) is 56.6 Å². The number of methoxy groups -OCH3 is 1. The molecule has 0 spiro atoms. The molecular weight excluding hydrogens is 334 g/mol. The lowest BCUT2D eigenvalue weighted by atomic mass is 10.2. The number of aromatic nitrogens is 2. The van der Waals surface area contributed by atoms with Gasteiger partial charge in [0.1, 0.15) is 12.0 Å². The largest absolute Gasteiger partial charge is 0.415 e. The third kappa shape index (κ3) is 3.73. The van der Waals surface area contributed by atoms with Crippen molar-refractivity contribution in [1.82, 2.24) is 9.55 Å². The van der Waals surface area contributed by atoms with Crippen molar-refractivity contribution in [1.29, 1.82) is 0 Å². The number of rotatable bonds is 6. The fourth-order valence-corrected chi connectivity index (χ4v) is 3.91. The lowest BCUT2D eigenvalue weighted by molar-refractivity contribution is 0.136. The van der Waals surface area contributed by atoms with Crippen LogP contribution < -0.4 is 10.5 Å². The standard InChI is InChI=1S/C18H31N3O3Si/c1-9-16(23-6)20-11-14(12-24-25(7,8)18(3,4)5)21-15(22)10-19-13(2)17(20)21/h9-10,14,16H,1,11-12H2,2-8H3/t14-,16?/m0/s1. The van der Waals surface area contributed by atoms with Crippen molar-refractivity contribution in [2.24, 2.45) is 0 Å². The van der Waals surface area contributed by atoms with Crippen molar-refractivity contribution in [3.63, 3.8) is 0 Å². The summed E-state index contributed by atoms with van der Waals surface area (Å²) in [6.07, 6.45) is 2.82. The van der Waals surface area contributed by atoms with Gasteiger partial charge in [-0.05, 0) is 31.1 Å². The maximum Gasteiger partial charge on any atom is 0.270 e. The van der Waals surface area contributed by atoms with Crippen molar-refractivity contribution < 1.29 is 9.16 Å². The summed E-state index contributed by atoms with van der Waals surface area (Å²) in [7, 11) is -0.253. The second kappa shape index (κ2) is 7.05. The van der Waals surface area contributed by atoms with Gasteiger partial charge in [0.2, 0.25) is 0 Å². The zero-order valence-corrected chi connectivity index (χ0v) is 17.5. The fourth-order valence-electron chi connectivity index (χ4n) is 2.87. The Balaban J connectivity index is 2.36. The van der Waals surface area contributed by atoms with E-state index < -0.39 is 8.32 Å². The molecule has 25 heavy (non-hydrogen) atoms. The van der Waals surface area contributed by atoms with Gasteiger partial charge in [-0.1, -0.05) is 27.4 Å². The molecule has 0 N–H and O–H groups in total. The van der Waals surface area contributed by atoms with Crippen LogP contribution in [0.5, 0.6) is 0 Å². The Kier molecular flexibility index (Phi) is 5.61. The number of nitrogens with zero attached hydrogens (tertiary/aromatic N) is 3. The molecule has 6 nitrogen and oxygen atoms in total. The SMILES string of the molecule is C=CC(OC)N1C[C@@H](CO[Si](C)(C)C(C)(C)C)n2c1c(C)ncc2=O. The highest BCUT2D eigenvalue weighted by molar-refractivity contribution is 6.74. The van der Waals surface area contributed by atoms with Gasteiger partial charge in [0, 0.05) is 13.7 Å².